The summed E-state index contributed by atoms with van der Waals surface area (Å²) in [6, 6.07) is 1.48. The van der Waals surface area contributed by atoms with Gasteiger partial charge in [-0.1, -0.05) is 33.6 Å². The minimum atomic E-state index is 0.496. The van der Waals surface area contributed by atoms with Crippen molar-refractivity contribution in [3.8, 4) is 0 Å². The largest absolute Gasteiger partial charge is 0.312 e. The fraction of sp³-hybridized carbons (Fsp3) is 1.00. The summed E-state index contributed by atoms with van der Waals surface area (Å²) in [6.07, 6.45) is 11.3. The van der Waals surface area contributed by atoms with Crippen LogP contribution in [0.15, 0.2) is 0 Å². The summed E-state index contributed by atoms with van der Waals surface area (Å²) in [4.78, 5) is 2.69. The monoisotopic (exact) mass is 294 g/mol. The Morgan fingerprint density at radius 2 is 1.67 bits per heavy atom. The molecule has 3 atom stereocenters. The lowest BCUT2D eigenvalue weighted by atomic mass is 9.76. The predicted octanol–water partition coefficient (Wildman–Crippen LogP) is 4.45. The minimum Gasteiger partial charge on any atom is -0.312 e. The average molecular weight is 295 g/mol. The van der Waals surface area contributed by atoms with Gasteiger partial charge in [0.2, 0.25) is 0 Å². The van der Waals surface area contributed by atoms with Crippen molar-refractivity contribution in [1.82, 2.24) is 10.2 Å². The van der Waals surface area contributed by atoms with E-state index in [-0.39, 0.29) is 0 Å². The van der Waals surface area contributed by atoms with E-state index >= 15 is 0 Å². The van der Waals surface area contributed by atoms with Crippen LogP contribution in [0, 0.1) is 11.3 Å². The molecule has 21 heavy (non-hydrogen) atoms. The highest BCUT2D eigenvalue weighted by molar-refractivity contribution is 4.82. The van der Waals surface area contributed by atoms with Crippen molar-refractivity contribution in [2.24, 2.45) is 11.3 Å². The van der Waals surface area contributed by atoms with Gasteiger partial charge >= 0.3 is 0 Å². The van der Waals surface area contributed by atoms with Crippen molar-refractivity contribution in [3.05, 3.63) is 0 Å². The Morgan fingerprint density at radius 3 is 2.33 bits per heavy atom. The Morgan fingerprint density at radius 1 is 0.952 bits per heavy atom. The summed E-state index contributed by atoms with van der Waals surface area (Å²) in [5.41, 5.74) is 0.496. The molecule has 3 unspecified atom stereocenters. The smallest absolute Gasteiger partial charge is 0.0192 e. The van der Waals surface area contributed by atoms with Crippen LogP contribution in [0.1, 0.15) is 79.1 Å². The molecule has 2 fully saturated rings. The van der Waals surface area contributed by atoms with Gasteiger partial charge in [-0.15, -0.1) is 0 Å². The topological polar surface area (TPSA) is 15.3 Å². The van der Waals surface area contributed by atoms with Gasteiger partial charge in [-0.3, -0.25) is 4.90 Å². The average Bonchev–Trinajstić information content (AvgIpc) is 2.71. The molecule has 2 heteroatoms. The molecular formula is C19H38N2. The number of piperidine rings is 1. The van der Waals surface area contributed by atoms with E-state index in [2.05, 4.69) is 37.9 Å². The third kappa shape index (κ3) is 5.56. The Kier molecular flexibility index (Phi) is 6.55. The van der Waals surface area contributed by atoms with Gasteiger partial charge in [0.05, 0.1) is 0 Å². The summed E-state index contributed by atoms with van der Waals surface area (Å²) in [5.74, 6) is 0.920. The molecule has 0 radical (unpaired) electrons. The van der Waals surface area contributed by atoms with Gasteiger partial charge in [0, 0.05) is 18.6 Å². The van der Waals surface area contributed by atoms with Crippen molar-refractivity contribution in [2.75, 3.05) is 19.6 Å². The first-order valence-corrected chi connectivity index (χ1v) is 9.44. The Labute approximate surface area is 133 Å². The number of hydrogen-bond acceptors (Lipinski definition) is 2. The molecule has 124 valence electrons. The lowest BCUT2D eigenvalue weighted by Gasteiger charge is -2.33. The predicted molar refractivity (Wildman–Crippen MR) is 92.7 cm³/mol. The van der Waals surface area contributed by atoms with Gasteiger partial charge in [0.1, 0.15) is 0 Å². The SMILES string of the molecule is CC(CNC1CCCC(C(C)(C)C)CC1)N1CCCCC1. The van der Waals surface area contributed by atoms with Crippen LogP contribution in [0.4, 0.5) is 0 Å². The highest BCUT2D eigenvalue weighted by Crippen LogP contribution is 2.36. The van der Waals surface area contributed by atoms with E-state index in [1.807, 2.05) is 0 Å². The fourth-order valence-electron chi connectivity index (χ4n) is 4.20. The third-order valence-corrected chi connectivity index (χ3v) is 5.91. The zero-order chi connectivity index (χ0) is 15.3. The first-order valence-electron chi connectivity index (χ1n) is 9.44. The van der Waals surface area contributed by atoms with Crippen LogP contribution >= 0.6 is 0 Å². The molecule has 1 aliphatic carbocycles. The highest BCUT2D eigenvalue weighted by Gasteiger charge is 2.28. The summed E-state index contributed by atoms with van der Waals surface area (Å²) >= 11 is 0. The van der Waals surface area contributed by atoms with Crippen molar-refractivity contribution >= 4 is 0 Å². The molecule has 1 saturated heterocycles. The van der Waals surface area contributed by atoms with Gasteiger partial charge in [-0.05, 0) is 69.9 Å². The van der Waals surface area contributed by atoms with Crippen LogP contribution in [0.25, 0.3) is 0 Å². The molecule has 0 amide bonds. The molecule has 0 aromatic heterocycles. The molecule has 2 aliphatic rings. The maximum absolute atomic E-state index is 3.89. The highest BCUT2D eigenvalue weighted by atomic mass is 15.2. The van der Waals surface area contributed by atoms with Crippen molar-refractivity contribution in [3.63, 3.8) is 0 Å². The molecule has 1 N–H and O–H groups in total. The zero-order valence-corrected chi connectivity index (χ0v) is 15.0. The fourth-order valence-corrected chi connectivity index (χ4v) is 4.20. The minimum absolute atomic E-state index is 0.496. The lowest BCUT2D eigenvalue weighted by Crippen LogP contribution is -2.45. The van der Waals surface area contributed by atoms with Gasteiger partial charge < -0.3 is 5.32 Å². The van der Waals surface area contributed by atoms with Crippen molar-refractivity contribution in [1.29, 1.82) is 0 Å². The van der Waals surface area contributed by atoms with Crippen LogP contribution < -0.4 is 5.32 Å². The second kappa shape index (κ2) is 7.97. The Hall–Kier alpha value is -0.0800. The van der Waals surface area contributed by atoms with Crippen molar-refractivity contribution in [2.45, 2.75) is 91.1 Å². The van der Waals surface area contributed by atoms with Crippen LogP contribution in [-0.4, -0.2) is 36.6 Å². The molecule has 1 heterocycles. The van der Waals surface area contributed by atoms with E-state index in [1.54, 1.807) is 0 Å². The number of nitrogens with one attached hydrogen (secondary N) is 1. The zero-order valence-electron chi connectivity index (χ0n) is 15.0. The third-order valence-electron chi connectivity index (χ3n) is 5.91. The molecule has 1 aliphatic heterocycles. The molecule has 1 saturated carbocycles. The van der Waals surface area contributed by atoms with E-state index < -0.39 is 0 Å². The number of hydrogen-bond donors (Lipinski definition) is 1. The molecule has 0 bridgehead atoms. The normalized spacial score (nSPS) is 30.9. The Balaban J connectivity index is 1.71. The first-order chi connectivity index (χ1) is 9.97. The van der Waals surface area contributed by atoms with Gasteiger partial charge in [0.15, 0.2) is 0 Å². The summed E-state index contributed by atoms with van der Waals surface area (Å²) in [7, 11) is 0. The van der Waals surface area contributed by atoms with Crippen molar-refractivity contribution < 1.29 is 0 Å². The summed E-state index contributed by atoms with van der Waals surface area (Å²) < 4.78 is 0. The Bertz CT molecular complexity index is 288. The lowest BCUT2D eigenvalue weighted by molar-refractivity contribution is 0.166. The molecule has 0 spiro atoms. The number of nitrogens with zero attached hydrogens (tertiary/aromatic N) is 1. The van der Waals surface area contributed by atoms with Crippen LogP contribution in [-0.2, 0) is 0 Å². The summed E-state index contributed by atoms with van der Waals surface area (Å²) in [6.45, 7) is 13.5. The molecular weight excluding hydrogens is 256 g/mol. The summed E-state index contributed by atoms with van der Waals surface area (Å²) in [5, 5.41) is 3.89. The van der Waals surface area contributed by atoms with Gasteiger partial charge in [-0.2, -0.15) is 0 Å². The van der Waals surface area contributed by atoms with Gasteiger partial charge in [-0.25, -0.2) is 0 Å². The van der Waals surface area contributed by atoms with E-state index in [0.29, 0.717) is 11.5 Å². The molecule has 0 aromatic rings. The molecule has 2 rings (SSSR count). The van der Waals surface area contributed by atoms with Crippen LogP contribution in [0.3, 0.4) is 0 Å². The van der Waals surface area contributed by atoms with E-state index in [1.165, 1.54) is 71.0 Å². The van der Waals surface area contributed by atoms with Gasteiger partial charge in [0.25, 0.3) is 0 Å². The quantitative estimate of drug-likeness (QED) is 0.771. The molecule has 2 nitrogen and oxygen atoms in total. The van der Waals surface area contributed by atoms with E-state index in [0.717, 1.165) is 12.0 Å². The van der Waals surface area contributed by atoms with Crippen LogP contribution in [0.5, 0.6) is 0 Å². The van der Waals surface area contributed by atoms with E-state index in [4.69, 9.17) is 0 Å². The maximum Gasteiger partial charge on any atom is 0.0192 e. The van der Waals surface area contributed by atoms with Crippen LogP contribution in [0.2, 0.25) is 0 Å². The first kappa shape index (κ1) is 17.3. The number of rotatable bonds is 4. The number of likely N-dealkylation sites (tertiary alicyclic amines) is 1. The second-order valence-corrected chi connectivity index (χ2v) is 8.62. The second-order valence-electron chi connectivity index (χ2n) is 8.62. The maximum atomic E-state index is 3.89. The van der Waals surface area contributed by atoms with E-state index in [9.17, 15) is 0 Å². The standard InChI is InChI=1S/C19H38N2/c1-16(21-13-6-5-7-14-21)15-20-18-10-8-9-17(11-12-18)19(2,3)4/h16-18,20H,5-15H2,1-4H3. The molecule has 0 aromatic carbocycles.